The van der Waals surface area contributed by atoms with E-state index >= 15 is 0 Å². The fraction of sp³-hybridized carbons (Fsp3) is 0.750. The van der Waals surface area contributed by atoms with Gasteiger partial charge in [0.2, 0.25) is 0 Å². The van der Waals surface area contributed by atoms with E-state index in [2.05, 4.69) is 16.7 Å². The van der Waals surface area contributed by atoms with Crippen molar-refractivity contribution in [3.63, 3.8) is 0 Å². The number of nitrogens with two attached hydrogens (primary N) is 1. The Kier molecular flexibility index (Phi) is 1.85. The van der Waals surface area contributed by atoms with E-state index < -0.39 is 0 Å². The number of anilines is 1. The van der Waals surface area contributed by atoms with Gasteiger partial charge in [0.15, 0.2) is 0 Å². The van der Waals surface area contributed by atoms with Gasteiger partial charge < -0.3 is 5.73 Å². The molecule has 82 valence electrons. The molecule has 2 fully saturated rings. The van der Waals surface area contributed by atoms with Crippen molar-refractivity contribution in [2.75, 3.05) is 5.73 Å². The van der Waals surface area contributed by atoms with Crippen molar-refractivity contribution in [3.05, 3.63) is 11.4 Å². The van der Waals surface area contributed by atoms with Crippen LogP contribution < -0.4 is 5.73 Å². The van der Waals surface area contributed by atoms with E-state index in [1.807, 2.05) is 6.92 Å². The fourth-order valence-corrected chi connectivity index (χ4v) is 3.51. The molecule has 2 aliphatic carbocycles. The third-order valence-corrected chi connectivity index (χ3v) is 4.40. The molecule has 3 heteroatoms. The third-order valence-electron chi connectivity index (χ3n) is 4.40. The smallest absolute Gasteiger partial charge is 0.0826 e. The van der Waals surface area contributed by atoms with Gasteiger partial charge in [0.05, 0.1) is 23.1 Å². The van der Waals surface area contributed by atoms with Crippen molar-refractivity contribution in [1.29, 1.82) is 0 Å². The van der Waals surface area contributed by atoms with E-state index in [1.54, 1.807) is 0 Å². The van der Waals surface area contributed by atoms with Crippen LogP contribution in [0.1, 0.15) is 43.1 Å². The lowest BCUT2D eigenvalue weighted by atomic mass is 9.95. The number of aryl methyl sites for hydroxylation is 1. The van der Waals surface area contributed by atoms with Crippen LogP contribution in [-0.4, -0.2) is 9.78 Å². The first kappa shape index (κ1) is 9.25. The van der Waals surface area contributed by atoms with Crippen LogP contribution in [0.25, 0.3) is 0 Å². The Morgan fingerprint density at radius 1 is 1.27 bits per heavy atom. The summed E-state index contributed by atoms with van der Waals surface area (Å²) in [6, 6.07) is 0.639. The van der Waals surface area contributed by atoms with Gasteiger partial charge in [0.25, 0.3) is 0 Å². The molecule has 0 aromatic carbocycles. The first-order valence-electron chi connectivity index (χ1n) is 5.98. The SMILES string of the molecule is Cc1nn(C2CC3CCC2C3)c(C)c1N. The van der Waals surface area contributed by atoms with Gasteiger partial charge >= 0.3 is 0 Å². The fourth-order valence-electron chi connectivity index (χ4n) is 3.51. The zero-order valence-corrected chi connectivity index (χ0v) is 9.53. The molecule has 3 nitrogen and oxygen atoms in total. The Hall–Kier alpha value is -0.990. The molecule has 0 saturated heterocycles. The third kappa shape index (κ3) is 1.22. The van der Waals surface area contributed by atoms with Crippen molar-refractivity contribution >= 4 is 5.69 Å². The summed E-state index contributed by atoms with van der Waals surface area (Å²) in [5.74, 6) is 1.83. The maximum absolute atomic E-state index is 5.99. The highest BCUT2D eigenvalue weighted by Crippen LogP contribution is 2.51. The molecule has 3 atom stereocenters. The number of hydrogen-bond donors (Lipinski definition) is 1. The van der Waals surface area contributed by atoms with Crippen molar-refractivity contribution in [2.24, 2.45) is 11.8 Å². The van der Waals surface area contributed by atoms with Gasteiger partial charge in [-0.2, -0.15) is 5.10 Å². The van der Waals surface area contributed by atoms with Gasteiger partial charge in [-0.1, -0.05) is 6.42 Å². The number of aromatic nitrogens is 2. The van der Waals surface area contributed by atoms with E-state index in [4.69, 9.17) is 5.73 Å². The zero-order valence-electron chi connectivity index (χ0n) is 9.53. The van der Waals surface area contributed by atoms with E-state index in [1.165, 1.54) is 31.4 Å². The van der Waals surface area contributed by atoms with Gasteiger partial charge in [-0.05, 0) is 44.9 Å². The molecule has 2 saturated carbocycles. The minimum atomic E-state index is 0.639. The molecular weight excluding hydrogens is 186 g/mol. The first-order valence-corrected chi connectivity index (χ1v) is 5.98. The Bertz CT molecular complexity index is 394. The minimum absolute atomic E-state index is 0.639. The van der Waals surface area contributed by atoms with Gasteiger partial charge in [-0.25, -0.2) is 0 Å². The highest BCUT2D eigenvalue weighted by Gasteiger charge is 2.41. The van der Waals surface area contributed by atoms with Crippen molar-refractivity contribution in [1.82, 2.24) is 9.78 Å². The summed E-state index contributed by atoms with van der Waals surface area (Å²) in [6.45, 7) is 4.10. The molecule has 1 aromatic heterocycles. The van der Waals surface area contributed by atoms with E-state index in [0.717, 1.165) is 23.2 Å². The summed E-state index contributed by atoms with van der Waals surface area (Å²) in [6.07, 6.45) is 5.58. The lowest BCUT2D eigenvalue weighted by molar-refractivity contribution is 0.302. The molecule has 2 aliphatic rings. The van der Waals surface area contributed by atoms with Crippen LogP contribution in [0.2, 0.25) is 0 Å². The molecule has 1 aromatic rings. The van der Waals surface area contributed by atoms with Crippen LogP contribution in [0.15, 0.2) is 0 Å². The van der Waals surface area contributed by atoms with Crippen molar-refractivity contribution < 1.29 is 0 Å². The van der Waals surface area contributed by atoms with E-state index in [-0.39, 0.29) is 0 Å². The van der Waals surface area contributed by atoms with Gasteiger partial charge in [0, 0.05) is 0 Å². The molecule has 0 spiro atoms. The van der Waals surface area contributed by atoms with Gasteiger partial charge in [-0.15, -0.1) is 0 Å². The second kappa shape index (κ2) is 3.00. The molecule has 15 heavy (non-hydrogen) atoms. The molecule has 3 unspecified atom stereocenters. The minimum Gasteiger partial charge on any atom is -0.396 e. The summed E-state index contributed by atoms with van der Waals surface area (Å²) in [4.78, 5) is 0. The molecule has 0 aliphatic heterocycles. The zero-order chi connectivity index (χ0) is 10.6. The highest BCUT2D eigenvalue weighted by molar-refractivity contribution is 5.47. The number of hydrogen-bond acceptors (Lipinski definition) is 2. The summed E-state index contributed by atoms with van der Waals surface area (Å²) < 4.78 is 2.20. The molecule has 1 heterocycles. The Morgan fingerprint density at radius 2 is 2.07 bits per heavy atom. The lowest BCUT2D eigenvalue weighted by Gasteiger charge is -2.23. The molecular formula is C12H19N3. The maximum atomic E-state index is 5.99. The number of nitrogens with zero attached hydrogens (tertiary/aromatic N) is 2. The number of fused-ring (bicyclic) bond motifs is 2. The van der Waals surface area contributed by atoms with Gasteiger partial charge in [-0.3, -0.25) is 4.68 Å². The van der Waals surface area contributed by atoms with Crippen LogP contribution in [0.5, 0.6) is 0 Å². The summed E-state index contributed by atoms with van der Waals surface area (Å²) in [5, 5.41) is 4.60. The molecule has 0 amide bonds. The van der Waals surface area contributed by atoms with Crippen LogP contribution >= 0.6 is 0 Å². The van der Waals surface area contributed by atoms with Crippen molar-refractivity contribution in [2.45, 2.75) is 45.6 Å². The van der Waals surface area contributed by atoms with Gasteiger partial charge in [0.1, 0.15) is 0 Å². The average molecular weight is 205 g/mol. The molecule has 3 rings (SSSR count). The maximum Gasteiger partial charge on any atom is 0.0826 e. The standard InChI is InChI=1S/C12H19N3/c1-7-12(13)8(2)15(14-7)11-6-9-3-4-10(11)5-9/h9-11H,3-6,13H2,1-2H3. The monoisotopic (exact) mass is 205 g/mol. The summed E-state index contributed by atoms with van der Waals surface area (Å²) >= 11 is 0. The topological polar surface area (TPSA) is 43.8 Å². The predicted molar refractivity (Wildman–Crippen MR) is 60.6 cm³/mol. The lowest BCUT2D eigenvalue weighted by Crippen LogP contribution is -2.18. The van der Waals surface area contributed by atoms with Crippen LogP contribution in [0, 0.1) is 25.7 Å². The summed E-state index contributed by atoms with van der Waals surface area (Å²) in [7, 11) is 0. The van der Waals surface area contributed by atoms with Crippen LogP contribution in [-0.2, 0) is 0 Å². The molecule has 0 radical (unpaired) electrons. The average Bonchev–Trinajstić information content (AvgIpc) is 2.89. The molecule has 2 N–H and O–H groups in total. The largest absolute Gasteiger partial charge is 0.396 e. The highest BCUT2D eigenvalue weighted by atomic mass is 15.3. The quantitative estimate of drug-likeness (QED) is 0.765. The van der Waals surface area contributed by atoms with Crippen LogP contribution in [0.4, 0.5) is 5.69 Å². The van der Waals surface area contributed by atoms with E-state index in [9.17, 15) is 0 Å². The van der Waals surface area contributed by atoms with E-state index in [0.29, 0.717) is 6.04 Å². The second-order valence-corrected chi connectivity index (χ2v) is 5.27. The normalized spacial score (nSPS) is 33.9. The Balaban J connectivity index is 1.96. The molecule has 2 bridgehead atoms. The number of nitrogen functional groups attached to an aromatic ring is 1. The summed E-state index contributed by atoms with van der Waals surface area (Å²) in [5.41, 5.74) is 9.04. The Labute approximate surface area is 90.7 Å². The second-order valence-electron chi connectivity index (χ2n) is 5.27. The first-order chi connectivity index (χ1) is 7.16. The Morgan fingerprint density at radius 3 is 2.53 bits per heavy atom. The van der Waals surface area contributed by atoms with Crippen molar-refractivity contribution in [3.8, 4) is 0 Å². The number of rotatable bonds is 1. The van der Waals surface area contributed by atoms with Crippen LogP contribution in [0.3, 0.4) is 0 Å². The predicted octanol–water partition coefficient (Wildman–Crippen LogP) is 2.44.